The third-order valence-corrected chi connectivity index (χ3v) is 9.33. The van der Waals surface area contributed by atoms with Crippen molar-refractivity contribution in [2.75, 3.05) is 6.54 Å². The average molecular weight is 460 g/mol. The van der Waals surface area contributed by atoms with Gasteiger partial charge in [0.05, 0.1) is 6.54 Å². The van der Waals surface area contributed by atoms with Crippen LogP contribution in [0.3, 0.4) is 0 Å². The van der Waals surface area contributed by atoms with Crippen LogP contribution in [0.5, 0.6) is 0 Å². The van der Waals surface area contributed by atoms with E-state index in [1.54, 1.807) is 0 Å². The molecule has 0 fully saturated rings. The highest BCUT2D eigenvalue weighted by Crippen LogP contribution is 2.17. The van der Waals surface area contributed by atoms with E-state index in [0.29, 0.717) is 6.04 Å². The van der Waals surface area contributed by atoms with Crippen molar-refractivity contribution in [1.82, 2.24) is 5.32 Å². The van der Waals surface area contributed by atoms with Gasteiger partial charge in [0, 0.05) is 0 Å². The van der Waals surface area contributed by atoms with Gasteiger partial charge in [-0.3, -0.25) is 0 Å². The summed E-state index contributed by atoms with van der Waals surface area (Å²) in [6.07, 6.45) is 3.42. The molecule has 3 aromatic carbocycles. The average Bonchev–Trinajstić information content (AvgIpc) is 2.89. The molecule has 0 aliphatic heterocycles. The zero-order valence-corrected chi connectivity index (χ0v) is 19.7. The Morgan fingerprint density at radius 3 is 1.97 bits per heavy atom. The predicted octanol–water partition coefficient (Wildman–Crippen LogP) is 3.83. The van der Waals surface area contributed by atoms with E-state index < -0.39 is 20.5 Å². The Morgan fingerprint density at radius 1 is 0.909 bits per heavy atom. The first-order valence-electron chi connectivity index (χ1n) is 11.0. The Kier molecular flexibility index (Phi) is 9.17. The van der Waals surface area contributed by atoms with Crippen molar-refractivity contribution in [2.45, 2.75) is 25.7 Å². The molecule has 33 heavy (non-hydrogen) atoms. The molecule has 0 aromatic heterocycles. The molecule has 6 heteroatoms. The van der Waals surface area contributed by atoms with Crippen molar-refractivity contribution in [2.24, 2.45) is 0 Å². The lowest BCUT2D eigenvalue weighted by Gasteiger charge is -2.34. The smallest absolute Gasteiger partial charge is 0.407 e. The summed E-state index contributed by atoms with van der Waals surface area (Å²) in [6, 6.07) is 30.1. The highest BCUT2D eigenvalue weighted by Gasteiger charge is 2.40. The topological polar surface area (TPSA) is 64.6 Å². The van der Waals surface area contributed by atoms with Crippen LogP contribution in [-0.4, -0.2) is 33.3 Å². The number of ether oxygens (including phenoxy) is 1. The summed E-state index contributed by atoms with van der Waals surface area (Å²) in [4.78, 5) is 24.2. The maximum Gasteiger partial charge on any atom is 0.407 e. The molecule has 170 valence electrons. The Bertz CT molecular complexity index is 986. The van der Waals surface area contributed by atoms with Gasteiger partial charge in [-0.1, -0.05) is 103 Å². The first kappa shape index (κ1) is 24.2. The molecular weight excluding hydrogens is 430 g/mol. The number of hydrogen-bond donors (Lipinski definition) is 1. The zero-order chi connectivity index (χ0) is 23.4. The highest BCUT2D eigenvalue weighted by molar-refractivity contribution is 6.97. The second-order valence-electron chi connectivity index (χ2n) is 7.57. The van der Waals surface area contributed by atoms with Gasteiger partial charge in [-0.05, 0) is 28.9 Å². The third kappa shape index (κ3) is 6.75. The Labute approximate surface area is 196 Å². The van der Waals surface area contributed by atoms with E-state index in [9.17, 15) is 9.59 Å². The maximum atomic E-state index is 12.2. The largest absolute Gasteiger partial charge is 0.445 e. The predicted molar refractivity (Wildman–Crippen MR) is 133 cm³/mol. The van der Waals surface area contributed by atoms with Crippen molar-refractivity contribution in [3.8, 4) is 0 Å². The number of rotatable bonds is 11. The molecule has 0 aliphatic carbocycles. The number of allylic oxidation sites excluding steroid dienone is 2. The van der Waals surface area contributed by atoms with E-state index in [1.165, 1.54) is 0 Å². The summed E-state index contributed by atoms with van der Waals surface area (Å²) < 4.78 is 11.9. The monoisotopic (exact) mass is 459 g/mol. The molecule has 3 rings (SSSR count). The Morgan fingerprint density at radius 2 is 1.45 bits per heavy atom. The molecule has 0 aliphatic rings. The molecule has 1 atom stereocenters. The summed E-state index contributed by atoms with van der Waals surface area (Å²) in [7, 11) is -2.81. The van der Waals surface area contributed by atoms with Crippen LogP contribution in [0.15, 0.2) is 103 Å². The fourth-order valence-electron chi connectivity index (χ4n) is 3.62. The van der Waals surface area contributed by atoms with Gasteiger partial charge in [0.15, 0.2) is 0 Å². The fourth-order valence-corrected chi connectivity index (χ4v) is 7.48. The van der Waals surface area contributed by atoms with Crippen LogP contribution < -0.4 is 15.7 Å². The first-order chi connectivity index (χ1) is 16.2. The number of aldehydes is 1. The lowest BCUT2D eigenvalue weighted by atomic mass is 10.2. The lowest BCUT2D eigenvalue weighted by molar-refractivity contribution is -0.113. The normalized spacial score (nSPS) is 12.3. The maximum absolute atomic E-state index is 12.2. The van der Waals surface area contributed by atoms with Gasteiger partial charge in [-0.25, -0.2) is 4.79 Å². The van der Waals surface area contributed by atoms with Crippen LogP contribution in [0.1, 0.15) is 12.5 Å². The quantitative estimate of drug-likeness (QED) is 0.269. The van der Waals surface area contributed by atoms with Crippen molar-refractivity contribution in [3.05, 3.63) is 109 Å². The summed E-state index contributed by atoms with van der Waals surface area (Å²) in [6.45, 7) is 2.16. The van der Waals surface area contributed by atoms with Crippen LogP contribution in [0.25, 0.3) is 0 Å². The number of amides is 1. The van der Waals surface area contributed by atoms with Gasteiger partial charge in [0.25, 0.3) is 8.32 Å². The highest BCUT2D eigenvalue weighted by atomic mass is 28.4. The summed E-state index contributed by atoms with van der Waals surface area (Å²) >= 11 is 0. The van der Waals surface area contributed by atoms with Crippen molar-refractivity contribution in [3.63, 3.8) is 0 Å². The minimum Gasteiger partial charge on any atom is -0.445 e. The fraction of sp³-hybridized carbons (Fsp3) is 0.185. The molecule has 1 amide bonds. The summed E-state index contributed by atoms with van der Waals surface area (Å²) in [5.74, 6) is 0. The van der Waals surface area contributed by atoms with Crippen LogP contribution >= 0.6 is 0 Å². The van der Waals surface area contributed by atoms with Crippen molar-refractivity contribution >= 4 is 31.1 Å². The number of nitrogens with one attached hydrogen (secondary N) is 1. The van der Waals surface area contributed by atoms with Gasteiger partial charge >= 0.3 is 6.09 Å². The molecule has 0 saturated carbocycles. The van der Waals surface area contributed by atoms with Crippen LogP contribution in [0.4, 0.5) is 4.79 Å². The summed E-state index contributed by atoms with van der Waals surface area (Å²) in [5.41, 5.74) is 0.891. The van der Waals surface area contributed by atoms with Gasteiger partial charge in [0.2, 0.25) is 0 Å². The molecule has 5 nitrogen and oxygen atoms in total. The second-order valence-corrected chi connectivity index (χ2v) is 11.0. The van der Waals surface area contributed by atoms with Crippen LogP contribution in [0.2, 0.25) is 6.04 Å². The minimum atomic E-state index is -2.81. The summed E-state index contributed by atoms with van der Waals surface area (Å²) in [5, 5.41) is 4.80. The Hall–Kier alpha value is -3.48. The molecule has 0 bridgehead atoms. The van der Waals surface area contributed by atoms with Gasteiger partial charge < -0.3 is 19.3 Å². The Balaban J connectivity index is 1.77. The van der Waals surface area contributed by atoms with Gasteiger partial charge in [-0.15, -0.1) is 0 Å². The number of alkyl carbamates (subject to hydrolysis) is 1. The molecule has 0 unspecified atom stereocenters. The van der Waals surface area contributed by atoms with Crippen LogP contribution in [0, 0.1) is 0 Å². The molecule has 0 heterocycles. The molecule has 0 saturated heterocycles. The molecular formula is C27H29NO4Si. The molecule has 1 N–H and O–H groups in total. The van der Waals surface area contributed by atoms with Gasteiger partial charge in [0.1, 0.15) is 19.0 Å². The molecule has 0 spiro atoms. The number of carbonyl (C=O) groups excluding carboxylic acids is 2. The molecule has 3 aromatic rings. The number of benzene rings is 3. The van der Waals surface area contributed by atoms with E-state index in [4.69, 9.17) is 9.16 Å². The number of carbonyl (C=O) groups is 2. The molecule has 0 radical (unpaired) electrons. The second kappa shape index (κ2) is 12.5. The SMILES string of the molecule is C/C=C/C[Si](O[C@H](C=O)CNC(=O)OCc1ccccc1)(c1ccccc1)c1ccccc1. The standard InChI is InChI=1S/C27H29NO4Si/c1-2-3-19-33(25-15-9-5-10-16-25,26-17-11-6-12-18-26)32-24(21-29)20-28-27(30)31-22-23-13-7-4-8-14-23/h2-18,21,24H,19-20,22H2,1H3,(H,28,30)/b3-2+/t24-/m0/s1. The van der Waals surface area contributed by atoms with Crippen molar-refractivity contribution in [1.29, 1.82) is 0 Å². The minimum absolute atomic E-state index is 0.0291. The van der Waals surface area contributed by atoms with Crippen LogP contribution in [-0.2, 0) is 20.6 Å². The van der Waals surface area contributed by atoms with Crippen molar-refractivity contribution < 1.29 is 18.8 Å². The first-order valence-corrected chi connectivity index (χ1v) is 13.1. The van der Waals surface area contributed by atoms with E-state index >= 15 is 0 Å². The van der Waals surface area contributed by atoms with Gasteiger partial charge in [-0.2, -0.15) is 0 Å². The third-order valence-electron chi connectivity index (χ3n) is 5.29. The van der Waals surface area contributed by atoms with E-state index in [-0.39, 0.29) is 13.2 Å². The number of hydrogen-bond acceptors (Lipinski definition) is 4. The van der Waals surface area contributed by atoms with E-state index in [2.05, 4.69) is 11.4 Å². The lowest BCUT2D eigenvalue weighted by Crippen LogP contribution is -2.63. The van der Waals surface area contributed by atoms with E-state index in [1.807, 2.05) is 104 Å². The zero-order valence-electron chi connectivity index (χ0n) is 18.7. The van der Waals surface area contributed by atoms with E-state index in [0.717, 1.165) is 22.2 Å².